The molecule has 68 valence electrons. The molecule has 0 amide bonds. The highest BCUT2D eigenvalue weighted by molar-refractivity contribution is 6.12. The van der Waals surface area contributed by atoms with Crippen LogP contribution in [0.3, 0.4) is 0 Å². The van der Waals surface area contributed by atoms with Gasteiger partial charge in [-0.25, -0.2) is 0 Å². The predicted molar refractivity (Wildman–Crippen MR) is 50.8 cm³/mol. The van der Waals surface area contributed by atoms with E-state index in [4.69, 9.17) is 0 Å². The molecule has 0 aromatic heterocycles. The third-order valence-electron chi connectivity index (χ3n) is 2.84. The van der Waals surface area contributed by atoms with Crippen LogP contribution in [0, 0.1) is 10.1 Å². The normalized spacial score (nSPS) is 32.0. The van der Waals surface area contributed by atoms with Crippen LogP contribution in [0.2, 0.25) is 5.82 Å². The quantitative estimate of drug-likeness (QED) is 0.338. The van der Waals surface area contributed by atoms with Gasteiger partial charge in [0.25, 0.3) is 0 Å². The third kappa shape index (κ3) is 2.50. The fourth-order valence-electron chi connectivity index (χ4n) is 1.96. The minimum Gasteiger partial charge on any atom is -0.264 e. The molecule has 1 aliphatic carbocycles. The number of nitro groups is 1. The molecule has 0 radical (unpaired) electrons. The van der Waals surface area contributed by atoms with Crippen LogP contribution in [-0.4, -0.2) is 18.8 Å². The van der Waals surface area contributed by atoms with Gasteiger partial charge in [0.05, 0.1) is 0 Å². The Morgan fingerprint density at radius 2 is 1.75 bits per heavy atom. The van der Waals surface area contributed by atoms with E-state index < -0.39 is 0 Å². The van der Waals surface area contributed by atoms with Crippen molar-refractivity contribution >= 4 is 7.85 Å². The molecule has 0 N–H and O–H groups in total. The van der Waals surface area contributed by atoms with Crippen LogP contribution < -0.4 is 0 Å². The van der Waals surface area contributed by atoms with E-state index in [1.165, 1.54) is 19.3 Å². The van der Waals surface area contributed by atoms with Gasteiger partial charge >= 0.3 is 0 Å². The van der Waals surface area contributed by atoms with Gasteiger partial charge in [0.2, 0.25) is 6.04 Å². The van der Waals surface area contributed by atoms with Crippen molar-refractivity contribution in [2.45, 2.75) is 50.4 Å². The van der Waals surface area contributed by atoms with E-state index in [0.717, 1.165) is 19.3 Å². The zero-order valence-corrected chi connectivity index (χ0v) is 7.66. The number of nitrogens with zero attached hydrogens (tertiary/aromatic N) is 1. The van der Waals surface area contributed by atoms with E-state index in [9.17, 15) is 10.1 Å². The average molecular weight is 169 g/mol. The molecular formula is C8H16BNO2. The highest BCUT2D eigenvalue weighted by Crippen LogP contribution is 2.26. The monoisotopic (exact) mass is 169 g/mol. The summed E-state index contributed by atoms with van der Waals surface area (Å²) in [7, 11) is 2.01. The second kappa shape index (κ2) is 4.48. The Kier molecular flexibility index (Phi) is 3.57. The highest BCUT2D eigenvalue weighted by Gasteiger charge is 2.27. The Hall–Kier alpha value is -0.535. The summed E-state index contributed by atoms with van der Waals surface area (Å²) >= 11 is 0. The summed E-state index contributed by atoms with van der Waals surface area (Å²) in [5.41, 5.74) is 0. The van der Waals surface area contributed by atoms with E-state index in [1.54, 1.807) is 0 Å². The Balaban J connectivity index is 2.48. The fraction of sp³-hybridized carbons (Fsp3) is 1.00. The first-order valence-electron chi connectivity index (χ1n) is 4.85. The van der Waals surface area contributed by atoms with E-state index in [1.807, 2.05) is 7.85 Å². The third-order valence-corrected chi connectivity index (χ3v) is 2.84. The van der Waals surface area contributed by atoms with E-state index in [-0.39, 0.29) is 16.8 Å². The van der Waals surface area contributed by atoms with Gasteiger partial charge in [0.1, 0.15) is 7.85 Å². The van der Waals surface area contributed by atoms with Gasteiger partial charge in [-0.15, -0.1) is 0 Å². The molecule has 0 heterocycles. The second-order valence-corrected chi connectivity index (χ2v) is 3.82. The highest BCUT2D eigenvalue weighted by atomic mass is 16.6. The summed E-state index contributed by atoms with van der Waals surface area (Å²) in [6.07, 6.45) is 6.47. The van der Waals surface area contributed by atoms with Crippen molar-refractivity contribution in [1.82, 2.24) is 0 Å². The van der Waals surface area contributed by atoms with Gasteiger partial charge in [-0.2, -0.15) is 0 Å². The molecule has 0 aromatic rings. The smallest absolute Gasteiger partial charge is 0.208 e. The first kappa shape index (κ1) is 9.55. The Bertz CT molecular complexity index is 163. The molecule has 1 rings (SSSR count). The van der Waals surface area contributed by atoms with Gasteiger partial charge < -0.3 is 0 Å². The first-order valence-corrected chi connectivity index (χ1v) is 4.85. The molecule has 1 fully saturated rings. The molecule has 3 nitrogen and oxygen atoms in total. The zero-order valence-electron chi connectivity index (χ0n) is 7.66. The minimum absolute atomic E-state index is 0.0873. The topological polar surface area (TPSA) is 43.1 Å². The molecule has 0 spiro atoms. The molecule has 1 aliphatic rings. The molecule has 0 bridgehead atoms. The summed E-state index contributed by atoms with van der Waals surface area (Å²) in [6, 6.07) is -0.273. The molecular weight excluding hydrogens is 153 g/mol. The van der Waals surface area contributed by atoms with Crippen LogP contribution in [0.25, 0.3) is 0 Å². The van der Waals surface area contributed by atoms with Gasteiger partial charge in [0.15, 0.2) is 0 Å². The molecule has 0 aliphatic heterocycles. The van der Waals surface area contributed by atoms with Gasteiger partial charge in [-0.1, -0.05) is 25.7 Å². The van der Waals surface area contributed by atoms with Crippen molar-refractivity contribution in [2.24, 2.45) is 0 Å². The lowest BCUT2D eigenvalue weighted by Gasteiger charge is -2.19. The predicted octanol–water partition coefficient (Wildman–Crippen LogP) is 1.41. The second-order valence-electron chi connectivity index (χ2n) is 3.82. The van der Waals surface area contributed by atoms with Gasteiger partial charge in [-0.05, 0) is 12.2 Å². The fourth-order valence-corrected chi connectivity index (χ4v) is 1.96. The minimum atomic E-state index is -0.273. The van der Waals surface area contributed by atoms with Crippen LogP contribution in [0.15, 0.2) is 0 Å². The SMILES string of the molecule is BC1CCCCCCC1[N+](=O)[O-]. The van der Waals surface area contributed by atoms with Crippen LogP contribution >= 0.6 is 0 Å². The summed E-state index contributed by atoms with van der Waals surface area (Å²) < 4.78 is 0. The van der Waals surface area contributed by atoms with E-state index in [0.29, 0.717) is 0 Å². The Morgan fingerprint density at radius 1 is 1.17 bits per heavy atom. The lowest BCUT2D eigenvalue weighted by molar-refractivity contribution is -0.524. The molecule has 0 saturated heterocycles. The van der Waals surface area contributed by atoms with Gasteiger partial charge in [0, 0.05) is 11.3 Å². The summed E-state index contributed by atoms with van der Waals surface area (Å²) in [5, 5.41) is 10.6. The van der Waals surface area contributed by atoms with Crippen LogP contribution in [-0.2, 0) is 0 Å². The molecule has 4 heteroatoms. The Labute approximate surface area is 74.1 Å². The number of hydrogen-bond donors (Lipinski definition) is 0. The van der Waals surface area contributed by atoms with Crippen LogP contribution in [0.4, 0.5) is 0 Å². The Morgan fingerprint density at radius 3 is 2.33 bits per heavy atom. The van der Waals surface area contributed by atoms with Gasteiger partial charge in [-0.3, -0.25) is 10.1 Å². The average Bonchev–Trinajstić information content (AvgIpc) is 1.96. The van der Waals surface area contributed by atoms with Crippen molar-refractivity contribution in [3.05, 3.63) is 10.1 Å². The standard InChI is InChI=1S/C8H16BNO2/c9-7-5-3-1-2-4-6-8(7)10(11)12/h7-8H,1-6,9H2. The summed E-state index contributed by atoms with van der Waals surface area (Å²) in [6.45, 7) is 0. The van der Waals surface area contributed by atoms with Crippen LogP contribution in [0.1, 0.15) is 38.5 Å². The van der Waals surface area contributed by atoms with Crippen molar-refractivity contribution in [3.8, 4) is 0 Å². The molecule has 2 unspecified atom stereocenters. The van der Waals surface area contributed by atoms with Crippen molar-refractivity contribution in [2.75, 3.05) is 0 Å². The molecule has 12 heavy (non-hydrogen) atoms. The van der Waals surface area contributed by atoms with Crippen LogP contribution in [0.5, 0.6) is 0 Å². The molecule has 0 aromatic carbocycles. The number of rotatable bonds is 1. The number of hydrogen-bond acceptors (Lipinski definition) is 2. The van der Waals surface area contributed by atoms with Crippen molar-refractivity contribution < 1.29 is 4.92 Å². The van der Waals surface area contributed by atoms with Crippen molar-refractivity contribution in [3.63, 3.8) is 0 Å². The zero-order chi connectivity index (χ0) is 8.97. The molecule has 2 atom stereocenters. The largest absolute Gasteiger partial charge is 0.264 e. The van der Waals surface area contributed by atoms with E-state index in [2.05, 4.69) is 0 Å². The molecule has 1 saturated carbocycles. The summed E-state index contributed by atoms with van der Waals surface area (Å²) in [4.78, 5) is 10.5. The maximum absolute atomic E-state index is 10.6. The maximum atomic E-state index is 10.6. The lowest BCUT2D eigenvalue weighted by Crippen LogP contribution is -2.26. The van der Waals surface area contributed by atoms with Crippen molar-refractivity contribution in [1.29, 1.82) is 0 Å². The lowest BCUT2D eigenvalue weighted by atomic mass is 9.74. The maximum Gasteiger partial charge on any atom is 0.208 e. The first-order chi connectivity index (χ1) is 5.72. The van der Waals surface area contributed by atoms with E-state index >= 15 is 0 Å². The summed E-state index contributed by atoms with van der Waals surface area (Å²) in [5.74, 6) is 0.278.